The Morgan fingerprint density at radius 3 is 2.38 bits per heavy atom. The molecular formula is C20H15N3O2S. The Morgan fingerprint density at radius 2 is 1.69 bits per heavy atom. The van der Waals surface area contributed by atoms with Gasteiger partial charge in [0.1, 0.15) is 17.0 Å². The summed E-state index contributed by atoms with van der Waals surface area (Å²) in [5, 5.41) is 15.6. The van der Waals surface area contributed by atoms with Gasteiger partial charge >= 0.3 is 5.97 Å². The zero-order valence-electron chi connectivity index (χ0n) is 13.7. The van der Waals surface area contributed by atoms with Crippen molar-refractivity contribution < 1.29 is 9.90 Å². The SMILES string of the molecule is O=C(O)C(Nc1ncnc2scc(-c3ccccc3)c12)c1ccccc1. The van der Waals surface area contributed by atoms with Crippen LogP contribution < -0.4 is 5.32 Å². The summed E-state index contributed by atoms with van der Waals surface area (Å²) in [5.74, 6) is -0.439. The van der Waals surface area contributed by atoms with E-state index in [-0.39, 0.29) is 0 Å². The van der Waals surface area contributed by atoms with E-state index in [1.54, 1.807) is 12.1 Å². The molecule has 0 aliphatic heterocycles. The van der Waals surface area contributed by atoms with Crippen molar-refractivity contribution in [3.63, 3.8) is 0 Å². The average Bonchev–Trinajstić information content (AvgIpc) is 3.12. The maximum absolute atomic E-state index is 11.8. The van der Waals surface area contributed by atoms with Crippen molar-refractivity contribution in [2.45, 2.75) is 6.04 Å². The molecule has 2 N–H and O–H groups in total. The molecule has 4 rings (SSSR count). The number of nitrogens with one attached hydrogen (secondary N) is 1. The van der Waals surface area contributed by atoms with E-state index in [0.717, 1.165) is 21.3 Å². The molecule has 0 radical (unpaired) electrons. The zero-order valence-corrected chi connectivity index (χ0v) is 14.5. The molecule has 0 spiro atoms. The number of carboxylic acid groups (broad SMARTS) is 1. The number of nitrogens with zero attached hydrogens (tertiary/aromatic N) is 2. The van der Waals surface area contributed by atoms with Crippen molar-refractivity contribution >= 4 is 33.3 Å². The minimum absolute atomic E-state index is 0.520. The zero-order chi connectivity index (χ0) is 17.9. The molecule has 2 aromatic carbocycles. The summed E-state index contributed by atoms with van der Waals surface area (Å²) < 4.78 is 0. The standard InChI is InChI=1S/C20H15N3O2S/c24-20(25)17(14-9-5-2-6-10-14)23-18-16-15(13-7-3-1-4-8-13)11-26-19(16)22-12-21-18/h1-12,17H,(H,24,25)(H,21,22,23). The lowest BCUT2D eigenvalue weighted by atomic mass is 10.0. The van der Waals surface area contributed by atoms with Crippen LogP contribution in [0.3, 0.4) is 0 Å². The number of anilines is 1. The van der Waals surface area contributed by atoms with Gasteiger partial charge < -0.3 is 10.4 Å². The first-order valence-corrected chi connectivity index (χ1v) is 8.94. The molecule has 2 heterocycles. The van der Waals surface area contributed by atoms with Crippen LogP contribution in [0.1, 0.15) is 11.6 Å². The van der Waals surface area contributed by atoms with Crippen molar-refractivity contribution in [1.29, 1.82) is 0 Å². The molecule has 0 amide bonds. The van der Waals surface area contributed by atoms with E-state index in [4.69, 9.17) is 0 Å². The lowest BCUT2D eigenvalue weighted by Crippen LogP contribution is -2.21. The minimum atomic E-state index is -0.959. The van der Waals surface area contributed by atoms with Gasteiger partial charge in [-0.1, -0.05) is 60.7 Å². The highest BCUT2D eigenvalue weighted by atomic mass is 32.1. The number of thiophene rings is 1. The number of hydrogen-bond acceptors (Lipinski definition) is 5. The molecule has 4 aromatic rings. The molecule has 0 aliphatic rings. The highest BCUT2D eigenvalue weighted by molar-refractivity contribution is 7.17. The van der Waals surface area contributed by atoms with Gasteiger partial charge in [-0.05, 0) is 11.1 Å². The molecule has 26 heavy (non-hydrogen) atoms. The van der Waals surface area contributed by atoms with Crippen molar-refractivity contribution in [1.82, 2.24) is 9.97 Å². The summed E-state index contributed by atoms with van der Waals surface area (Å²) in [6, 6.07) is 18.1. The molecule has 0 fully saturated rings. The van der Waals surface area contributed by atoms with Crippen molar-refractivity contribution in [2.24, 2.45) is 0 Å². The molecule has 0 saturated heterocycles. The number of aromatic nitrogens is 2. The van der Waals surface area contributed by atoms with Crippen molar-refractivity contribution in [2.75, 3.05) is 5.32 Å². The van der Waals surface area contributed by atoms with E-state index in [1.165, 1.54) is 17.7 Å². The Hall–Kier alpha value is -3.25. The molecule has 5 nitrogen and oxygen atoms in total. The smallest absolute Gasteiger partial charge is 0.330 e. The van der Waals surface area contributed by atoms with E-state index >= 15 is 0 Å². The molecule has 6 heteroatoms. The fourth-order valence-corrected chi connectivity index (χ4v) is 3.80. The maximum atomic E-state index is 11.8. The van der Waals surface area contributed by atoms with Gasteiger partial charge in [-0.2, -0.15) is 0 Å². The van der Waals surface area contributed by atoms with Gasteiger partial charge in [0.05, 0.1) is 5.39 Å². The average molecular weight is 361 g/mol. The Bertz CT molecular complexity index is 1050. The fraction of sp³-hybridized carbons (Fsp3) is 0.0500. The quantitative estimate of drug-likeness (QED) is 0.543. The van der Waals surface area contributed by atoms with Crippen LogP contribution in [0.4, 0.5) is 5.82 Å². The van der Waals surface area contributed by atoms with Gasteiger partial charge in [0.2, 0.25) is 0 Å². The second-order valence-electron chi connectivity index (χ2n) is 5.74. The molecular weight excluding hydrogens is 346 g/mol. The van der Waals surface area contributed by atoms with E-state index in [9.17, 15) is 9.90 Å². The van der Waals surface area contributed by atoms with E-state index in [0.29, 0.717) is 11.4 Å². The first-order chi connectivity index (χ1) is 12.7. The predicted octanol–water partition coefficient (Wildman–Crippen LogP) is 4.60. The third kappa shape index (κ3) is 3.02. The Labute approximate surface area is 154 Å². The number of aliphatic carboxylic acids is 1. The van der Waals surface area contributed by atoms with Crippen molar-refractivity contribution in [3.8, 4) is 11.1 Å². The monoisotopic (exact) mass is 361 g/mol. The number of carbonyl (C=O) groups is 1. The third-order valence-corrected chi connectivity index (χ3v) is 5.00. The first kappa shape index (κ1) is 16.2. The highest BCUT2D eigenvalue weighted by Crippen LogP contribution is 2.37. The second-order valence-corrected chi connectivity index (χ2v) is 6.60. The summed E-state index contributed by atoms with van der Waals surface area (Å²) in [5.41, 5.74) is 2.71. The molecule has 1 atom stereocenters. The van der Waals surface area contributed by atoms with Crippen LogP contribution in [0.15, 0.2) is 72.4 Å². The Kier molecular flexibility index (Phi) is 4.33. The van der Waals surface area contributed by atoms with E-state index in [2.05, 4.69) is 15.3 Å². The summed E-state index contributed by atoms with van der Waals surface area (Å²) in [7, 11) is 0. The number of benzene rings is 2. The summed E-state index contributed by atoms with van der Waals surface area (Å²) in [6.07, 6.45) is 1.46. The number of fused-ring (bicyclic) bond motifs is 1. The number of carboxylic acids is 1. The van der Waals surface area contributed by atoms with Crippen LogP contribution in [0, 0.1) is 0 Å². The summed E-state index contributed by atoms with van der Waals surface area (Å²) >= 11 is 1.52. The molecule has 1 unspecified atom stereocenters. The van der Waals surface area contributed by atoms with Crippen LogP contribution in [-0.4, -0.2) is 21.0 Å². The largest absolute Gasteiger partial charge is 0.479 e. The summed E-state index contributed by atoms with van der Waals surface area (Å²) in [6.45, 7) is 0. The molecule has 128 valence electrons. The highest BCUT2D eigenvalue weighted by Gasteiger charge is 2.22. The third-order valence-electron chi connectivity index (χ3n) is 4.12. The minimum Gasteiger partial charge on any atom is -0.479 e. The molecule has 0 aliphatic carbocycles. The lowest BCUT2D eigenvalue weighted by Gasteiger charge is -2.16. The van der Waals surface area contributed by atoms with Gasteiger partial charge in [-0.25, -0.2) is 14.8 Å². The first-order valence-electron chi connectivity index (χ1n) is 8.06. The van der Waals surface area contributed by atoms with Gasteiger partial charge in [0.15, 0.2) is 6.04 Å². The lowest BCUT2D eigenvalue weighted by molar-refractivity contribution is -0.138. The summed E-state index contributed by atoms with van der Waals surface area (Å²) in [4.78, 5) is 21.3. The predicted molar refractivity (Wildman–Crippen MR) is 103 cm³/mol. The van der Waals surface area contributed by atoms with Crippen molar-refractivity contribution in [3.05, 3.63) is 77.9 Å². The van der Waals surface area contributed by atoms with Crippen LogP contribution in [-0.2, 0) is 4.79 Å². The molecule has 0 bridgehead atoms. The van der Waals surface area contributed by atoms with E-state index < -0.39 is 12.0 Å². The molecule has 2 aromatic heterocycles. The van der Waals surface area contributed by atoms with Crippen LogP contribution in [0.2, 0.25) is 0 Å². The Morgan fingerprint density at radius 1 is 1.00 bits per heavy atom. The normalized spacial score (nSPS) is 12.0. The fourth-order valence-electron chi connectivity index (χ4n) is 2.88. The van der Waals surface area contributed by atoms with Crippen LogP contribution >= 0.6 is 11.3 Å². The molecule has 0 saturated carbocycles. The second kappa shape index (κ2) is 6.93. The topological polar surface area (TPSA) is 75.1 Å². The van der Waals surface area contributed by atoms with Crippen LogP contribution in [0.5, 0.6) is 0 Å². The van der Waals surface area contributed by atoms with Gasteiger partial charge in [0.25, 0.3) is 0 Å². The number of rotatable bonds is 5. The van der Waals surface area contributed by atoms with Crippen LogP contribution in [0.25, 0.3) is 21.3 Å². The van der Waals surface area contributed by atoms with Gasteiger partial charge in [-0.15, -0.1) is 11.3 Å². The number of hydrogen-bond donors (Lipinski definition) is 2. The maximum Gasteiger partial charge on any atom is 0.330 e. The van der Waals surface area contributed by atoms with E-state index in [1.807, 2.05) is 53.9 Å². The Balaban J connectivity index is 1.81. The van der Waals surface area contributed by atoms with Gasteiger partial charge in [0, 0.05) is 10.9 Å². The van der Waals surface area contributed by atoms with Gasteiger partial charge in [-0.3, -0.25) is 0 Å².